The molecule has 0 radical (unpaired) electrons. The number of urea groups is 1. The average molecular weight is 501 g/mol. The lowest BCUT2D eigenvalue weighted by atomic mass is 9.88. The summed E-state index contributed by atoms with van der Waals surface area (Å²) >= 11 is 1.46. The summed E-state index contributed by atoms with van der Waals surface area (Å²) in [5.41, 5.74) is 3.31. The molecule has 0 saturated carbocycles. The fourth-order valence-corrected chi connectivity index (χ4v) is 5.16. The van der Waals surface area contributed by atoms with Gasteiger partial charge >= 0.3 is 6.03 Å². The highest BCUT2D eigenvalue weighted by Crippen LogP contribution is 2.29. The Morgan fingerprint density at radius 2 is 1.53 bits per heavy atom. The molecule has 2 N–H and O–H groups in total. The van der Waals surface area contributed by atoms with Crippen molar-refractivity contribution in [3.63, 3.8) is 0 Å². The second kappa shape index (κ2) is 12.8. The molecule has 1 heterocycles. The standard InChI is InChI=1S/C29H32N4O2S/c1-2-30-27(34)18-11-20-33(29(35)32-28-31-25-16-9-10-17-26(25)36-28)21-19-24(22-12-5-3-6-13-22)23-14-7-4-8-15-23/h3-10,12-17,24H,2,11,18-21H2,1H3,(H,30,34)(H,31,32,35). The molecule has 6 nitrogen and oxygen atoms in total. The summed E-state index contributed by atoms with van der Waals surface area (Å²) in [5, 5.41) is 6.40. The molecule has 0 spiro atoms. The van der Waals surface area contributed by atoms with Crippen LogP contribution in [0.25, 0.3) is 10.2 Å². The molecule has 0 aliphatic heterocycles. The first-order valence-corrected chi connectivity index (χ1v) is 13.2. The number of amides is 3. The molecule has 0 unspecified atom stereocenters. The number of nitrogens with one attached hydrogen (secondary N) is 2. The van der Waals surface area contributed by atoms with E-state index in [1.807, 2.05) is 48.2 Å². The zero-order valence-electron chi connectivity index (χ0n) is 20.5. The van der Waals surface area contributed by atoms with Crippen molar-refractivity contribution in [3.8, 4) is 0 Å². The summed E-state index contributed by atoms with van der Waals surface area (Å²) in [5.74, 6) is 0.170. The van der Waals surface area contributed by atoms with Crippen molar-refractivity contribution in [1.29, 1.82) is 0 Å². The monoisotopic (exact) mass is 500 g/mol. The first kappa shape index (κ1) is 25.4. The largest absolute Gasteiger partial charge is 0.356 e. The van der Waals surface area contributed by atoms with Crippen LogP contribution in [0.4, 0.5) is 9.93 Å². The number of carbonyl (C=O) groups excluding carboxylic acids is 2. The average Bonchev–Trinajstić information content (AvgIpc) is 3.31. The van der Waals surface area contributed by atoms with Gasteiger partial charge in [0.05, 0.1) is 10.2 Å². The molecule has 1 aromatic heterocycles. The minimum Gasteiger partial charge on any atom is -0.356 e. The molecule has 0 aliphatic carbocycles. The minimum absolute atomic E-state index is 0.00970. The van der Waals surface area contributed by atoms with E-state index in [1.54, 1.807) is 0 Å². The van der Waals surface area contributed by atoms with Crippen LogP contribution in [0.3, 0.4) is 0 Å². The molecule has 0 saturated heterocycles. The van der Waals surface area contributed by atoms with Gasteiger partial charge in [-0.15, -0.1) is 0 Å². The van der Waals surface area contributed by atoms with E-state index in [2.05, 4.69) is 64.1 Å². The van der Waals surface area contributed by atoms with Crippen molar-refractivity contribution in [2.45, 2.75) is 32.1 Å². The molecule has 3 aromatic carbocycles. The molecule has 186 valence electrons. The van der Waals surface area contributed by atoms with Crippen LogP contribution in [0, 0.1) is 0 Å². The highest BCUT2D eigenvalue weighted by atomic mass is 32.1. The third-order valence-electron chi connectivity index (χ3n) is 6.09. The van der Waals surface area contributed by atoms with Gasteiger partial charge in [-0.1, -0.05) is 84.1 Å². The molecule has 0 bridgehead atoms. The van der Waals surface area contributed by atoms with Gasteiger partial charge in [-0.2, -0.15) is 0 Å². The summed E-state index contributed by atoms with van der Waals surface area (Å²) in [6.07, 6.45) is 1.75. The van der Waals surface area contributed by atoms with Gasteiger partial charge in [0, 0.05) is 32.0 Å². The molecule has 3 amide bonds. The van der Waals surface area contributed by atoms with Crippen LogP contribution in [0.5, 0.6) is 0 Å². The van der Waals surface area contributed by atoms with Gasteiger partial charge in [0.2, 0.25) is 5.91 Å². The molecule has 0 aliphatic rings. The van der Waals surface area contributed by atoms with E-state index in [0.717, 1.165) is 16.6 Å². The Hall–Kier alpha value is -3.71. The van der Waals surface area contributed by atoms with Crippen LogP contribution in [-0.2, 0) is 4.79 Å². The van der Waals surface area contributed by atoms with Gasteiger partial charge in [0.25, 0.3) is 0 Å². The summed E-state index contributed by atoms with van der Waals surface area (Å²) in [6.45, 7) is 3.56. The highest BCUT2D eigenvalue weighted by molar-refractivity contribution is 7.22. The zero-order valence-corrected chi connectivity index (χ0v) is 21.3. The van der Waals surface area contributed by atoms with Crippen molar-refractivity contribution in [2.24, 2.45) is 0 Å². The Labute approximate surface area is 216 Å². The molecule has 0 fully saturated rings. The maximum Gasteiger partial charge on any atom is 0.323 e. The lowest BCUT2D eigenvalue weighted by molar-refractivity contribution is -0.121. The number of hydrogen-bond donors (Lipinski definition) is 2. The van der Waals surface area contributed by atoms with E-state index >= 15 is 0 Å². The maximum absolute atomic E-state index is 13.4. The number of para-hydroxylation sites is 1. The summed E-state index contributed by atoms with van der Waals surface area (Å²) < 4.78 is 1.03. The third kappa shape index (κ3) is 6.92. The van der Waals surface area contributed by atoms with E-state index in [1.165, 1.54) is 22.5 Å². The Morgan fingerprint density at radius 1 is 0.889 bits per heavy atom. The lowest BCUT2D eigenvalue weighted by Crippen LogP contribution is -2.37. The van der Waals surface area contributed by atoms with Crippen molar-refractivity contribution in [1.82, 2.24) is 15.2 Å². The minimum atomic E-state index is -0.190. The molecular formula is C29H32N4O2S. The third-order valence-corrected chi connectivity index (χ3v) is 7.04. The Bertz CT molecular complexity index is 1190. The number of benzene rings is 3. The van der Waals surface area contributed by atoms with E-state index in [-0.39, 0.29) is 17.9 Å². The maximum atomic E-state index is 13.4. The summed E-state index contributed by atoms with van der Waals surface area (Å²) in [7, 11) is 0. The number of fused-ring (bicyclic) bond motifs is 1. The van der Waals surface area contributed by atoms with Gasteiger partial charge in [-0.05, 0) is 43.0 Å². The summed E-state index contributed by atoms with van der Waals surface area (Å²) in [6, 6.07) is 28.4. The van der Waals surface area contributed by atoms with Crippen LogP contribution in [0.1, 0.15) is 43.2 Å². The van der Waals surface area contributed by atoms with E-state index in [9.17, 15) is 9.59 Å². The van der Waals surface area contributed by atoms with Gasteiger partial charge in [-0.25, -0.2) is 9.78 Å². The second-order valence-corrected chi connectivity index (χ2v) is 9.65. The fraction of sp³-hybridized carbons (Fsp3) is 0.276. The Morgan fingerprint density at radius 3 is 2.17 bits per heavy atom. The Balaban J connectivity index is 1.49. The van der Waals surface area contributed by atoms with Crippen molar-refractivity contribution in [2.75, 3.05) is 25.0 Å². The number of aromatic nitrogens is 1. The number of hydrogen-bond acceptors (Lipinski definition) is 4. The van der Waals surface area contributed by atoms with Crippen LogP contribution >= 0.6 is 11.3 Å². The number of nitrogens with zero attached hydrogens (tertiary/aromatic N) is 2. The predicted octanol–water partition coefficient (Wildman–Crippen LogP) is 6.27. The summed E-state index contributed by atoms with van der Waals surface area (Å²) in [4.78, 5) is 31.7. The second-order valence-electron chi connectivity index (χ2n) is 8.62. The number of thiazole rings is 1. The SMILES string of the molecule is CCNC(=O)CCCN(CCC(c1ccccc1)c1ccccc1)C(=O)Nc1nc2ccccc2s1. The molecule has 7 heteroatoms. The fourth-order valence-electron chi connectivity index (χ4n) is 4.31. The van der Waals surface area contributed by atoms with Crippen LogP contribution in [0.2, 0.25) is 0 Å². The van der Waals surface area contributed by atoms with Crippen molar-refractivity contribution in [3.05, 3.63) is 96.1 Å². The quantitative estimate of drug-likeness (QED) is 0.255. The van der Waals surface area contributed by atoms with Crippen LogP contribution in [-0.4, -0.2) is 41.5 Å². The topological polar surface area (TPSA) is 74.3 Å². The van der Waals surface area contributed by atoms with Gasteiger partial charge in [0.15, 0.2) is 5.13 Å². The molecule has 36 heavy (non-hydrogen) atoms. The number of carbonyl (C=O) groups is 2. The first-order chi connectivity index (χ1) is 17.6. The van der Waals surface area contributed by atoms with Gasteiger partial charge in [-0.3, -0.25) is 10.1 Å². The molecule has 0 atom stereocenters. The van der Waals surface area contributed by atoms with E-state index in [4.69, 9.17) is 0 Å². The van der Waals surface area contributed by atoms with Gasteiger partial charge in [0.1, 0.15) is 0 Å². The van der Waals surface area contributed by atoms with E-state index < -0.39 is 0 Å². The van der Waals surface area contributed by atoms with E-state index in [0.29, 0.717) is 37.6 Å². The lowest BCUT2D eigenvalue weighted by Gasteiger charge is -2.26. The van der Waals surface area contributed by atoms with Crippen molar-refractivity contribution < 1.29 is 9.59 Å². The van der Waals surface area contributed by atoms with Gasteiger partial charge < -0.3 is 10.2 Å². The normalized spacial score (nSPS) is 10.9. The highest BCUT2D eigenvalue weighted by Gasteiger charge is 2.20. The predicted molar refractivity (Wildman–Crippen MR) is 147 cm³/mol. The molecule has 4 aromatic rings. The smallest absolute Gasteiger partial charge is 0.323 e. The number of rotatable bonds is 11. The van der Waals surface area contributed by atoms with Crippen molar-refractivity contribution >= 4 is 38.6 Å². The zero-order chi connectivity index (χ0) is 25.2. The van der Waals surface area contributed by atoms with Crippen LogP contribution in [0.15, 0.2) is 84.9 Å². The number of anilines is 1. The Kier molecular flexibility index (Phi) is 9.05. The van der Waals surface area contributed by atoms with Crippen LogP contribution < -0.4 is 10.6 Å². The first-order valence-electron chi connectivity index (χ1n) is 12.4. The molecule has 4 rings (SSSR count). The molecular weight excluding hydrogens is 468 g/mol.